The van der Waals surface area contributed by atoms with E-state index in [9.17, 15) is 0 Å². The van der Waals surface area contributed by atoms with Crippen LogP contribution in [0.25, 0.3) is 21.9 Å². The molecule has 1 aliphatic heterocycles. The van der Waals surface area contributed by atoms with Crippen molar-refractivity contribution in [1.29, 1.82) is 0 Å². The summed E-state index contributed by atoms with van der Waals surface area (Å²) < 4.78 is 2.15. The number of likely N-dealkylation sites (N-methyl/N-ethyl adjacent to an activating group) is 1. The van der Waals surface area contributed by atoms with E-state index in [2.05, 4.69) is 75.6 Å². The average Bonchev–Trinajstić information content (AvgIpc) is 3.25. The van der Waals surface area contributed by atoms with Crippen LogP contribution >= 0.6 is 0 Å². The van der Waals surface area contributed by atoms with Gasteiger partial charge in [0.25, 0.3) is 0 Å². The van der Waals surface area contributed by atoms with Crippen LogP contribution in [0.2, 0.25) is 0 Å². The van der Waals surface area contributed by atoms with Crippen LogP contribution in [-0.2, 0) is 0 Å². The van der Waals surface area contributed by atoms with Gasteiger partial charge in [-0.1, -0.05) is 0 Å². The first kappa shape index (κ1) is 21.4. The molecule has 5 rings (SSSR count). The van der Waals surface area contributed by atoms with Crippen molar-refractivity contribution in [2.24, 2.45) is 0 Å². The Morgan fingerprint density at radius 3 is 2.52 bits per heavy atom. The zero-order valence-corrected chi connectivity index (χ0v) is 19.9. The molecule has 1 saturated heterocycles. The molecular weight excluding hydrogens is 414 g/mol. The van der Waals surface area contributed by atoms with Gasteiger partial charge in [0.2, 0.25) is 5.95 Å². The highest BCUT2D eigenvalue weighted by Crippen LogP contribution is 2.31. The smallest absolute Gasteiger partial charge is 0.228 e. The topological polar surface area (TPSA) is 78.2 Å². The molecule has 172 valence electrons. The predicted molar refractivity (Wildman–Crippen MR) is 135 cm³/mol. The third-order valence-electron chi connectivity index (χ3n) is 6.27. The van der Waals surface area contributed by atoms with Gasteiger partial charge in [-0.05, 0) is 33.0 Å². The number of anilines is 4. The largest absolute Gasteiger partial charge is 0.376 e. The van der Waals surface area contributed by atoms with Gasteiger partial charge in [-0.25, -0.2) is 19.9 Å². The van der Waals surface area contributed by atoms with Crippen molar-refractivity contribution in [3.8, 4) is 0 Å². The number of pyridine rings is 1. The van der Waals surface area contributed by atoms with Crippen LogP contribution in [-0.4, -0.2) is 76.7 Å². The Balaban J connectivity index is 1.49. The fourth-order valence-electron chi connectivity index (χ4n) is 4.33. The normalized spacial score (nSPS) is 15.0. The number of rotatable bonds is 5. The molecule has 1 fully saturated rings. The van der Waals surface area contributed by atoms with E-state index in [1.807, 2.05) is 30.9 Å². The van der Waals surface area contributed by atoms with Crippen LogP contribution in [0.15, 0.2) is 36.9 Å². The van der Waals surface area contributed by atoms with Crippen molar-refractivity contribution < 1.29 is 0 Å². The molecule has 0 bridgehead atoms. The highest BCUT2D eigenvalue weighted by molar-refractivity contribution is 6.02. The summed E-state index contributed by atoms with van der Waals surface area (Å²) in [6, 6.07) is 6.40. The lowest BCUT2D eigenvalue weighted by atomic mass is 10.2. The maximum absolute atomic E-state index is 4.86. The lowest BCUT2D eigenvalue weighted by Crippen LogP contribution is -2.44. The second kappa shape index (κ2) is 8.47. The molecule has 1 aromatic carbocycles. The van der Waals surface area contributed by atoms with E-state index in [0.29, 0.717) is 12.0 Å². The molecule has 0 aliphatic carbocycles. The van der Waals surface area contributed by atoms with Crippen LogP contribution < -0.4 is 15.1 Å². The van der Waals surface area contributed by atoms with Crippen molar-refractivity contribution in [2.45, 2.75) is 19.9 Å². The minimum absolute atomic E-state index is 0.290. The minimum Gasteiger partial charge on any atom is -0.376 e. The third-order valence-corrected chi connectivity index (χ3v) is 6.27. The third kappa shape index (κ3) is 4.04. The molecule has 0 radical (unpaired) electrons. The molecule has 0 spiro atoms. The van der Waals surface area contributed by atoms with E-state index in [0.717, 1.165) is 65.3 Å². The SMILES string of the molecule is CC(C)n1cnc2ccc3cnc(Nc4cc(N(C)C)c(N5CCN(C)CC5)cn4)nc3c21. The van der Waals surface area contributed by atoms with Gasteiger partial charge in [0.15, 0.2) is 0 Å². The van der Waals surface area contributed by atoms with Crippen LogP contribution in [0.3, 0.4) is 0 Å². The summed E-state index contributed by atoms with van der Waals surface area (Å²) in [7, 11) is 6.30. The van der Waals surface area contributed by atoms with Crippen LogP contribution in [0, 0.1) is 0 Å². The molecular formula is C24H31N9. The Hall–Kier alpha value is -3.46. The molecule has 1 aliphatic rings. The zero-order chi connectivity index (χ0) is 23.1. The van der Waals surface area contributed by atoms with Gasteiger partial charge in [0.1, 0.15) is 11.3 Å². The van der Waals surface area contributed by atoms with E-state index < -0.39 is 0 Å². The lowest BCUT2D eigenvalue weighted by molar-refractivity contribution is 0.313. The van der Waals surface area contributed by atoms with Gasteiger partial charge in [-0.3, -0.25) is 0 Å². The number of imidazole rings is 1. The quantitative estimate of drug-likeness (QED) is 0.500. The molecule has 9 nitrogen and oxygen atoms in total. The standard InChI is InChI=1S/C24H31N9/c1-16(2)33-15-27-18-7-6-17-13-26-24(29-22(17)23(18)33)28-21-12-19(30(3)4)20(14-25-21)32-10-8-31(5)9-11-32/h6-7,12-16H,8-11H2,1-5H3,(H,25,26,28,29). The summed E-state index contributed by atoms with van der Waals surface area (Å²) in [5.41, 5.74) is 5.13. The van der Waals surface area contributed by atoms with Crippen molar-refractivity contribution in [1.82, 2.24) is 29.4 Å². The summed E-state index contributed by atoms with van der Waals surface area (Å²) in [5, 5.41) is 4.31. The van der Waals surface area contributed by atoms with E-state index >= 15 is 0 Å². The highest BCUT2D eigenvalue weighted by Gasteiger charge is 2.19. The maximum atomic E-state index is 4.86. The van der Waals surface area contributed by atoms with Crippen LogP contribution in [0.1, 0.15) is 19.9 Å². The molecule has 4 heterocycles. The molecule has 9 heteroatoms. The Bertz CT molecular complexity index is 1290. The molecule has 33 heavy (non-hydrogen) atoms. The number of piperazine rings is 1. The van der Waals surface area contributed by atoms with Gasteiger partial charge in [-0.2, -0.15) is 0 Å². The van der Waals surface area contributed by atoms with Gasteiger partial charge >= 0.3 is 0 Å². The van der Waals surface area contributed by atoms with Gasteiger partial charge < -0.3 is 24.6 Å². The number of aromatic nitrogens is 5. The van der Waals surface area contributed by atoms with Crippen molar-refractivity contribution in [2.75, 3.05) is 62.4 Å². The fraction of sp³-hybridized carbons (Fsp3) is 0.417. The minimum atomic E-state index is 0.290. The summed E-state index contributed by atoms with van der Waals surface area (Å²) in [6.45, 7) is 8.40. The Morgan fingerprint density at radius 1 is 1.00 bits per heavy atom. The Kier molecular flexibility index (Phi) is 5.49. The van der Waals surface area contributed by atoms with Crippen LogP contribution in [0.5, 0.6) is 0 Å². The summed E-state index contributed by atoms with van der Waals surface area (Å²) in [4.78, 5) is 25.5. The Morgan fingerprint density at radius 2 is 1.79 bits per heavy atom. The number of fused-ring (bicyclic) bond motifs is 3. The molecule has 0 unspecified atom stereocenters. The second-order valence-corrected chi connectivity index (χ2v) is 9.18. The van der Waals surface area contributed by atoms with Gasteiger partial charge in [-0.15, -0.1) is 0 Å². The van der Waals surface area contributed by atoms with Crippen LogP contribution in [0.4, 0.5) is 23.1 Å². The number of nitrogens with one attached hydrogen (secondary N) is 1. The monoisotopic (exact) mass is 445 g/mol. The average molecular weight is 446 g/mol. The van der Waals surface area contributed by atoms with Crippen molar-refractivity contribution in [3.63, 3.8) is 0 Å². The molecule has 4 aromatic rings. The van der Waals surface area contributed by atoms with Crippen molar-refractivity contribution >= 4 is 45.1 Å². The van der Waals surface area contributed by atoms with E-state index in [-0.39, 0.29) is 0 Å². The van der Waals surface area contributed by atoms with E-state index in [1.165, 1.54) is 0 Å². The zero-order valence-electron chi connectivity index (χ0n) is 19.9. The predicted octanol–water partition coefficient (Wildman–Crippen LogP) is 3.52. The molecule has 0 atom stereocenters. The number of benzene rings is 1. The first-order valence-corrected chi connectivity index (χ1v) is 11.4. The fourth-order valence-corrected chi connectivity index (χ4v) is 4.33. The molecule has 3 aromatic heterocycles. The first-order chi connectivity index (χ1) is 15.9. The molecule has 0 amide bonds. The number of nitrogens with zero attached hydrogens (tertiary/aromatic N) is 8. The number of hydrogen-bond acceptors (Lipinski definition) is 8. The molecule has 0 saturated carbocycles. The van der Waals surface area contributed by atoms with Crippen molar-refractivity contribution in [3.05, 3.63) is 36.9 Å². The maximum Gasteiger partial charge on any atom is 0.228 e. The highest BCUT2D eigenvalue weighted by atomic mass is 15.3. The van der Waals surface area contributed by atoms with Gasteiger partial charge in [0.05, 0.1) is 34.9 Å². The summed E-state index contributed by atoms with van der Waals surface area (Å²) in [6.07, 6.45) is 5.69. The van der Waals surface area contributed by atoms with E-state index in [1.54, 1.807) is 0 Å². The Labute approximate surface area is 194 Å². The number of hydrogen-bond donors (Lipinski definition) is 1. The molecule has 1 N–H and O–H groups in total. The van der Waals surface area contributed by atoms with Gasteiger partial charge in [0, 0.05) is 64.0 Å². The first-order valence-electron chi connectivity index (χ1n) is 11.4. The second-order valence-electron chi connectivity index (χ2n) is 9.18. The van der Waals surface area contributed by atoms with E-state index in [4.69, 9.17) is 9.97 Å². The summed E-state index contributed by atoms with van der Waals surface area (Å²) >= 11 is 0. The summed E-state index contributed by atoms with van der Waals surface area (Å²) in [5.74, 6) is 1.25. The lowest BCUT2D eigenvalue weighted by Gasteiger charge is -2.35.